The molecule has 0 spiro atoms. The first-order valence-electron chi connectivity index (χ1n) is 25.2. The highest BCUT2D eigenvalue weighted by Gasteiger charge is 2.67. The number of esters is 1. The van der Waals surface area contributed by atoms with E-state index in [-0.39, 0.29) is 76.8 Å². The monoisotopic (exact) mass is 830 g/mol. The van der Waals surface area contributed by atoms with E-state index in [1.54, 1.807) is 0 Å². The van der Waals surface area contributed by atoms with Crippen molar-refractivity contribution in [2.75, 3.05) is 6.54 Å². The smallest absolute Gasteiger partial charge is 0.323 e. The van der Waals surface area contributed by atoms with Crippen LogP contribution in [0, 0.1) is 46.3 Å². The Morgan fingerprint density at radius 2 is 1.34 bits per heavy atom. The van der Waals surface area contributed by atoms with E-state index < -0.39 is 18.1 Å². The fourth-order valence-electron chi connectivity index (χ4n) is 13.2. The van der Waals surface area contributed by atoms with Gasteiger partial charge in [-0.05, 0) is 118 Å². The SMILES string of the molecule is CCCCCCCCCCCCCCCCCCCC(=O)NC1CC[C@@]2(C)[C@@H](C1)C[C@@H](O)[C@@H]1[C@@H]2C[C@H](OC(=O)[C@@H](N)CCCCN)[C@]2(C)[C@@H]([C@H](C)CCC(=O)O)CC[C@@H]12. The Kier molecular flexibility index (Phi) is 21.5. The Morgan fingerprint density at radius 3 is 1.92 bits per heavy atom. The number of carboxylic acids is 1. The number of aliphatic hydroxyl groups is 1. The van der Waals surface area contributed by atoms with Crippen LogP contribution in [0.5, 0.6) is 0 Å². The van der Waals surface area contributed by atoms with E-state index in [4.69, 9.17) is 16.2 Å². The summed E-state index contributed by atoms with van der Waals surface area (Å²) in [6, 6.07) is -0.566. The van der Waals surface area contributed by atoms with Crippen LogP contribution in [-0.2, 0) is 19.1 Å². The van der Waals surface area contributed by atoms with Crippen LogP contribution in [0.4, 0.5) is 0 Å². The van der Waals surface area contributed by atoms with Crippen molar-refractivity contribution in [1.82, 2.24) is 5.32 Å². The van der Waals surface area contributed by atoms with Crippen molar-refractivity contribution in [3.8, 4) is 0 Å². The molecular formula is C50H91N3O6. The molecule has 0 aromatic heterocycles. The van der Waals surface area contributed by atoms with Crippen LogP contribution < -0.4 is 16.8 Å². The third-order valence-electron chi connectivity index (χ3n) is 16.7. The summed E-state index contributed by atoms with van der Waals surface area (Å²) in [4.78, 5) is 38.4. The maximum atomic E-state index is 13.6. The Labute approximate surface area is 360 Å². The summed E-state index contributed by atoms with van der Waals surface area (Å²) in [6.07, 6.45) is 31.4. The van der Waals surface area contributed by atoms with E-state index in [2.05, 4.69) is 33.0 Å². The number of ether oxygens (including phenoxy) is 1. The molecule has 0 heterocycles. The second-order valence-electron chi connectivity index (χ2n) is 20.8. The molecule has 4 aliphatic carbocycles. The van der Waals surface area contributed by atoms with E-state index in [0.29, 0.717) is 32.2 Å². The van der Waals surface area contributed by atoms with Gasteiger partial charge in [0.15, 0.2) is 0 Å². The first-order chi connectivity index (χ1) is 28.4. The highest BCUT2D eigenvalue weighted by Crippen LogP contribution is 2.69. The van der Waals surface area contributed by atoms with Crippen molar-refractivity contribution in [1.29, 1.82) is 0 Å². The Hall–Kier alpha value is -1.71. The molecule has 342 valence electrons. The number of carbonyl (C=O) groups excluding carboxylic acids is 2. The number of fused-ring (bicyclic) bond motifs is 5. The first-order valence-corrected chi connectivity index (χ1v) is 25.2. The van der Waals surface area contributed by atoms with E-state index in [9.17, 15) is 24.6 Å². The molecule has 0 aliphatic heterocycles. The van der Waals surface area contributed by atoms with Gasteiger partial charge in [-0.1, -0.05) is 137 Å². The van der Waals surface area contributed by atoms with Gasteiger partial charge < -0.3 is 31.7 Å². The van der Waals surface area contributed by atoms with Crippen LogP contribution >= 0.6 is 0 Å². The molecule has 1 unspecified atom stereocenters. The van der Waals surface area contributed by atoms with E-state index >= 15 is 0 Å². The lowest BCUT2D eigenvalue weighted by Crippen LogP contribution is -2.63. The summed E-state index contributed by atoms with van der Waals surface area (Å²) in [7, 11) is 0. The number of nitrogens with two attached hydrogens (primary N) is 2. The molecule has 0 saturated heterocycles. The zero-order valence-corrected chi connectivity index (χ0v) is 38.4. The number of carboxylic acid groups (broad SMARTS) is 1. The van der Waals surface area contributed by atoms with Gasteiger partial charge in [-0.2, -0.15) is 0 Å². The van der Waals surface area contributed by atoms with Gasteiger partial charge in [0.2, 0.25) is 5.91 Å². The number of hydrogen-bond acceptors (Lipinski definition) is 7. The van der Waals surface area contributed by atoms with Crippen molar-refractivity contribution >= 4 is 17.8 Å². The van der Waals surface area contributed by atoms with Crippen molar-refractivity contribution in [3.63, 3.8) is 0 Å². The number of nitrogens with one attached hydrogen (secondary N) is 1. The number of unbranched alkanes of at least 4 members (excludes halogenated alkanes) is 17. The molecule has 0 bridgehead atoms. The largest absolute Gasteiger partial charge is 0.481 e. The maximum absolute atomic E-state index is 13.6. The Balaban J connectivity index is 1.24. The van der Waals surface area contributed by atoms with Crippen LogP contribution in [0.2, 0.25) is 0 Å². The van der Waals surface area contributed by atoms with Crippen LogP contribution in [0.25, 0.3) is 0 Å². The average Bonchev–Trinajstić information content (AvgIpc) is 3.56. The van der Waals surface area contributed by atoms with Gasteiger partial charge in [0.25, 0.3) is 0 Å². The predicted octanol–water partition coefficient (Wildman–Crippen LogP) is 10.6. The normalized spacial score (nSPS) is 32.4. The van der Waals surface area contributed by atoms with Gasteiger partial charge in [-0.15, -0.1) is 0 Å². The van der Waals surface area contributed by atoms with Crippen LogP contribution in [0.3, 0.4) is 0 Å². The molecule has 9 heteroatoms. The Morgan fingerprint density at radius 1 is 0.746 bits per heavy atom. The van der Waals surface area contributed by atoms with Crippen molar-refractivity contribution < 1.29 is 29.3 Å². The van der Waals surface area contributed by atoms with Gasteiger partial charge in [0.05, 0.1) is 6.10 Å². The number of amides is 1. The van der Waals surface area contributed by atoms with Gasteiger partial charge in [0, 0.05) is 24.3 Å². The zero-order valence-electron chi connectivity index (χ0n) is 38.4. The highest BCUT2D eigenvalue weighted by atomic mass is 16.5. The first kappa shape index (κ1) is 49.9. The van der Waals surface area contributed by atoms with Crippen LogP contribution in [0.15, 0.2) is 0 Å². The summed E-state index contributed by atoms with van der Waals surface area (Å²) in [6.45, 7) is 9.70. The Bertz CT molecular complexity index is 1250. The number of aliphatic carboxylic acids is 1. The van der Waals surface area contributed by atoms with E-state index in [1.165, 1.54) is 96.3 Å². The zero-order chi connectivity index (χ0) is 42.8. The summed E-state index contributed by atoms with van der Waals surface area (Å²) in [5, 5.41) is 25.0. The lowest BCUT2D eigenvalue weighted by molar-refractivity contribution is -0.215. The average molecular weight is 830 g/mol. The third-order valence-corrected chi connectivity index (χ3v) is 16.7. The number of aliphatic hydroxyl groups excluding tert-OH is 1. The summed E-state index contributed by atoms with van der Waals surface area (Å²) < 4.78 is 6.55. The molecule has 4 aliphatic rings. The minimum absolute atomic E-state index is 0.0269. The standard InChI is InChI=1S/C50H91N3O6/c1-5-6-7-8-9-10-11-12-13-14-15-16-17-18-19-20-21-25-45(55)53-38-30-31-49(3)37(33-38)34-43(54)47-40-28-27-39(36(2)26-29-46(56)57)50(40,4)44(35-41(47)49)59-48(58)42(52)24-22-23-32-51/h36-44,47,54H,5-35,51-52H2,1-4H3,(H,53,55)(H,56,57)/t36-,37+,38?,39-,40+,41+,42+,43-,44+,47+,49+,50-/m1/s1. The quantitative estimate of drug-likeness (QED) is 0.0367. The molecule has 0 radical (unpaired) electrons. The maximum Gasteiger partial charge on any atom is 0.323 e. The summed E-state index contributed by atoms with van der Waals surface area (Å²) in [5.74, 6) is 0.159. The lowest BCUT2D eigenvalue weighted by Gasteiger charge is -2.64. The topological polar surface area (TPSA) is 165 Å². The summed E-state index contributed by atoms with van der Waals surface area (Å²) >= 11 is 0. The minimum atomic E-state index is -0.782. The molecule has 0 aromatic carbocycles. The molecule has 59 heavy (non-hydrogen) atoms. The van der Waals surface area contributed by atoms with Crippen molar-refractivity contribution in [3.05, 3.63) is 0 Å². The van der Waals surface area contributed by atoms with E-state index in [0.717, 1.165) is 64.2 Å². The third kappa shape index (κ3) is 14.1. The highest BCUT2D eigenvalue weighted by molar-refractivity contribution is 5.76. The second-order valence-corrected chi connectivity index (χ2v) is 20.8. The molecule has 1 amide bonds. The molecule has 4 fully saturated rings. The predicted molar refractivity (Wildman–Crippen MR) is 239 cm³/mol. The molecule has 4 rings (SSSR count). The van der Waals surface area contributed by atoms with E-state index in [1.807, 2.05) is 0 Å². The molecular weight excluding hydrogens is 739 g/mol. The molecule has 0 aromatic rings. The molecule has 4 saturated carbocycles. The van der Waals surface area contributed by atoms with Gasteiger partial charge in [-0.3, -0.25) is 14.4 Å². The number of carbonyl (C=O) groups is 3. The van der Waals surface area contributed by atoms with Crippen molar-refractivity contribution in [2.24, 2.45) is 57.8 Å². The fraction of sp³-hybridized carbons (Fsp3) is 0.940. The van der Waals surface area contributed by atoms with Gasteiger partial charge >= 0.3 is 11.9 Å². The number of rotatable bonds is 29. The van der Waals surface area contributed by atoms with Gasteiger partial charge in [0.1, 0.15) is 12.1 Å². The molecule has 9 nitrogen and oxygen atoms in total. The fourth-order valence-corrected chi connectivity index (χ4v) is 13.2. The lowest BCUT2D eigenvalue weighted by atomic mass is 9.43. The minimum Gasteiger partial charge on any atom is -0.481 e. The van der Waals surface area contributed by atoms with Crippen LogP contribution in [0.1, 0.15) is 220 Å². The van der Waals surface area contributed by atoms with Crippen LogP contribution in [-0.4, -0.2) is 58.9 Å². The molecule has 12 atom stereocenters. The summed E-state index contributed by atoms with van der Waals surface area (Å²) in [5.41, 5.74) is 11.7. The van der Waals surface area contributed by atoms with Gasteiger partial charge in [-0.25, -0.2) is 0 Å². The second kappa shape index (κ2) is 25.4. The number of hydrogen-bond donors (Lipinski definition) is 5. The molecule has 7 N–H and O–H groups in total. The van der Waals surface area contributed by atoms with Crippen molar-refractivity contribution in [2.45, 2.75) is 245 Å².